The SMILES string of the molecule is CCC(Sc1ccc(C)cc1)C(=O)Nc1ccc(NC(C)=O)cc1. The van der Waals surface area contributed by atoms with Gasteiger partial charge in [-0.05, 0) is 49.7 Å². The van der Waals surface area contributed by atoms with Crippen LogP contribution in [0.5, 0.6) is 0 Å². The molecule has 1 unspecified atom stereocenters. The number of benzene rings is 2. The van der Waals surface area contributed by atoms with E-state index in [0.717, 1.165) is 17.0 Å². The summed E-state index contributed by atoms with van der Waals surface area (Å²) in [5.74, 6) is -0.136. The van der Waals surface area contributed by atoms with E-state index < -0.39 is 0 Å². The molecular formula is C19H22N2O2S. The van der Waals surface area contributed by atoms with Crippen LogP contribution in [0.15, 0.2) is 53.4 Å². The molecule has 0 bridgehead atoms. The summed E-state index contributed by atoms with van der Waals surface area (Å²) in [5.41, 5.74) is 2.63. The number of carbonyl (C=O) groups is 2. The Kier molecular flexibility index (Phi) is 6.44. The molecule has 0 aliphatic rings. The van der Waals surface area contributed by atoms with Crippen LogP contribution >= 0.6 is 11.8 Å². The number of amides is 2. The van der Waals surface area contributed by atoms with E-state index in [0.29, 0.717) is 5.69 Å². The lowest BCUT2D eigenvalue weighted by Crippen LogP contribution is -2.24. The Morgan fingerprint density at radius 1 is 0.958 bits per heavy atom. The predicted molar refractivity (Wildman–Crippen MR) is 100 cm³/mol. The molecule has 0 aromatic heterocycles. The zero-order valence-corrected chi connectivity index (χ0v) is 14.9. The zero-order chi connectivity index (χ0) is 17.5. The van der Waals surface area contributed by atoms with Crippen LogP contribution in [0.4, 0.5) is 11.4 Å². The molecule has 2 rings (SSSR count). The molecule has 2 N–H and O–H groups in total. The standard InChI is InChI=1S/C19H22N2O2S/c1-4-18(24-17-11-5-13(2)6-12-17)19(23)21-16-9-7-15(8-10-16)20-14(3)22/h5-12,18H,4H2,1-3H3,(H,20,22)(H,21,23). The summed E-state index contributed by atoms with van der Waals surface area (Å²) in [7, 11) is 0. The average Bonchev–Trinajstić information content (AvgIpc) is 2.55. The highest BCUT2D eigenvalue weighted by atomic mass is 32.2. The van der Waals surface area contributed by atoms with Gasteiger partial charge in [0.1, 0.15) is 0 Å². The van der Waals surface area contributed by atoms with Crippen molar-refractivity contribution in [1.29, 1.82) is 0 Å². The summed E-state index contributed by atoms with van der Waals surface area (Å²) in [6.07, 6.45) is 0.744. The Morgan fingerprint density at radius 2 is 1.50 bits per heavy atom. The first-order valence-corrected chi connectivity index (χ1v) is 8.77. The second-order valence-corrected chi connectivity index (χ2v) is 6.85. The van der Waals surface area contributed by atoms with Gasteiger partial charge in [-0.3, -0.25) is 9.59 Å². The molecular weight excluding hydrogens is 320 g/mol. The molecule has 0 radical (unpaired) electrons. The number of hydrogen-bond donors (Lipinski definition) is 2. The van der Waals surface area contributed by atoms with Gasteiger partial charge in [-0.25, -0.2) is 0 Å². The molecule has 5 heteroatoms. The van der Waals surface area contributed by atoms with E-state index in [1.54, 1.807) is 36.0 Å². The molecule has 4 nitrogen and oxygen atoms in total. The van der Waals surface area contributed by atoms with E-state index in [-0.39, 0.29) is 17.1 Å². The Labute approximate surface area is 147 Å². The number of hydrogen-bond acceptors (Lipinski definition) is 3. The van der Waals surface area contributed by atoms with Crippen molar-refractivity contribution < 1.29 is 9.59 Å². The number of aryl methyl sites for hydroxylation is 1. The lowest BCUT2D eigenvalue weighted by Gasteiger charge is -2.15. The molecule has 0 spiro atoms. The molecule has 0 aliphatic carbocycles. The Morgan fingerprint density at radius 3 is 2.00 bits per heavy atom. The summed E-state index contributed by atoms with van der Waals surface area (Å²) >= 11 is 1.57. The summed E-state index contributed by atoms with van der Waals surface area (Å²) < 4.78 is 0. The van der Waals surface area contributed by atoms with E-state index in [4.69, 9.17) is 0 Å². The Hall–Kier alpha value is -2.27. The molecule has 2 amide bonds. The van der Waals surface area contributed by atoms with Crippen LogP contribution in [0.25, 0.3) is 0 Å². The topological polar surface area (TPSA) is 58.2 Å². The highest BCUT2D eigenvalue weighted by Gasteiger charge is 2.18. The quantitative estimate of drug-likeness (QED) is 0.762. The molecule has 0 fully saturated rings. The third kappa shape index (κ3) is 5.42. The minimum absolute atomic E-state index is 0.0182. The molecule has 0 saturated heterocycles. The fraction of sp³-hybridized carbons (Fsp3) is 0.263. The number of nitrogens with one attached hydrogen (secondary N) is 2. The van der Waals surface area contributed by atoms with Crippen LogP contribution in [-0.4, -0.2) is 17.1 Å². The second kappa shape index (κ2) is 8.55. The molecule has 0 aliphatic heterocycles. The predicted octanol–water partition coefficient (Wildman–Crippen LogP) is 4.46. The first kappa shape index (κ1) is 18.1. The minimum Gasteiger partial charge on any atom is -0.326 e. The normalized spacial score (nSPS) is 11.6. The van der Waals surface area contributed by atoms with E-state index in [2.05, 4.69) is 10.6 Å². The largest absolute Gasteiger partial charge is 0.326 e. The van der Waals surface area contributed by atoms with Gasteiger partial charge in [0.05, 0.1) is 5.25 Å². The Balaban J connectivity index is 1.98. The fourth-order valence-electron chi connectivity index (χ4n) is 2.17. The molecule has 24 heavy (non-hydrogen) atoms. The van der Waals surface area contributed by atoms with E-state index >= 15 is 0 Å². The lowest BCUT2D eigenvalue weighted by atomic mass is 10.2. The first-order valence-electron chi connectivity index (χ1n) is 7.89. The summed E-state index contributed by atoms with van der Waals surface area (Å²) in [6, 6.07) is 15.3. The number of thioether (sulfide) groups is 1. The number of carbonyl (C=O) groups excluding carboxylic acids is 2. The van der Waals surface area contributed by atoms with Crippen molar-refractivity contribution in [3.05, 3.63) is 54.1 Å². The maximum atomic E-state index is 12.5. The molecule has 126 valence electrons. The summed E-state index contributed by atoms with van der Waals surface area (Å²) in [6.45, 7) is 5.51. The van der Waals surface area contributed by atoms with Crippen molar-refractivity contribution in [3.8, 4) is 0 Å². The third-order valence-corrected chi connectivity index (χ3v) is 4.81. The van der Waals surface area contributed by atoms with Crippen LogP contribution in [-0.2, 0) is 9.59 Å². The van der Waals surface area contributed by atoms with Crippen molar-refractivity contribution in [1.82, 2.24) is 0 Å². The van der Waals surface area contributed by atoms with Gasteiger partial charge in [-0.15, -0.1) is 11.8 Å². The van der Waals surface area contributed by atoms with Crippen molar-refractivity contribution in [2.75, 3.05) is 10.6 Å². The molecule has 2 aromatic rings. The second-order valence-electron chi connectivity index (χ2n) is 5.58. The van der Waals surface area contributed by atoms with Crippen LogP contribution in [0.1, 0.15) is 25.8 Å². The molecule has 2 aromatic carbocycles. The van der Waals surface area contributed by atoms with Gasteiger partial charge >= 0.3 is 0 Å². The van der Waals surface area contributed by atoms with Gasteiger partial charge < -0.3 is 10.6 Å². The molecule has 0 heterocycles. The zero-order valence-electron chi connectivity index (χ0n) is 14.1. The van der Waals surface area contributed by atoms with Crippen molar-refractivity contribution in [2.24, 2.45) is 0 Å². The van der Waals surface area contributed by atoms with Gasteiger partial charge in [-0.2, -0.15) is 0 Å². The van der Waals surface area contributed by atoms with Crippen LogP contribution < -0.4 is 10.6 Å². The average molecular weight is 342 g/mol. The van der Waals surface area contributed by atoms with Crippen LogP contribution in [0.3, 0.4) is 0 Å². The maximum absolute atomic E-state index is 12.5. The minimum atomic E-state index is -0.150. The first-order chi connectivity index (χ1) is 11.5. The number of rotatable bonds is 6. The van der Waals surface area contributed by atoms with Gasteiger partial charge in [0.25, 0.3) is 0 Å². The number of anilines is 2. The Bertz CT molecular complexity index is 696. The third-order valence-electron chi connectivity index (χ3n) is 3.44. The van der Waals surface area contributed by atoms with Crippen LogP contribution in [0, 0.1) is 6.92 Å². The van der Waals surface area contributed by atoms with E-state index in [1.807, 2.05) is 38.1 Å². The highest BCUT2D eigenvalue weighted by Crippen LogP contribution is 2.27. The molecule has 0 saturated carbocycles. The van der Waals surface area contributed by atoms with Gasteiger partial charge in [0, 0.05) is 23.2 Å². The van der Waals surface area contributed by atoms with E-state index in [9.17, 15) is 9.59 Å². The fourth-order valence-corrected chi connectivity index (χ4v) is 3.12. The molecule has 1 atom stereocenters. The highest BCUT2D eigenvalue weighted by molar-refractivity contribution is 8.00. The van der Waals surface area contributed by atoms with Crippen molar-refractivity contribution in [2.45, 2.75) is 37.3 Å². The van der Waals surface area contributed by atoms with Crippen molar-refractivity contribution >= 4 is 35.0 Å². The van der Waals surface area contributed by atoms with Gasteiger partial charge in [0.15, 0.2) is 0 Å². The maximum Gasteiger partial charge on any atom is 0.237 e. The summed E-state index contributed by atoms with van der Waals surface area (Å²) in [5, 5.41) is 5.48. The summed E-state index contributed by atoms with van der Waals surface area (Å²) in [4.78, 5) is 24.6. The van der Waals surface area contributed by atoms with Crippen LogP contribution in [0.2, 0.25) is 0 Å². The monoisotopic (exact) mass is 342 g/mol. The smallest absolute Gasteiger partial charge is 0.237 e. The van der Waals surface area contributed by atoms with Crippen molar-refractivity contribution in [3.63, 3.8) is 0 Å². The van der Waals surface area contributed by atoms with Gasteiger partial charge in [-0.1, -0.05) is 24.6 Å². The van der Waals surface area contributed by atoms with E-state index in [1.165, 1.54) is 12.5 Å². The van der Waals surface area contributed by atoms with Gasteiger partial charge in [0.2, 0.25) is 11.8 Å². The lowest BCUT2D eigenvalue weighted by molar-refractivity contribution is -0.116.